The fourth-order valence-electron chi connectivity index (χ4n) is 2.82. The molecule has 132 valence electrons. The molecule has 1 aliphatic heterocycles. The average molecular weight is 347 g/mol. The number of nitrogens with zero attached hydrogens (tertiary/aromatic N) is 2. The molecule has 0 saturated carbocycles. The molecule has 2 aromatic rings. The maximum Gasteiger partial charge on any atom is 0.387 e. The number of anilines is 1. The van der Waals surface area contributed by atoms with E-state index in [0.29, 0.717) is 0 Å². The molecule has 1 amide bonds. The molecule has 0 radical (unpaired) electrons. The van der Waals surface area contributed by atoms with Gasteiger partial charge in [0.25, 0.3) is 5.91 Å². The SMILES string of the molecule is O=C(NCc1ccnc(N2CCCC2)c1)c1ccccc1OC(F)F. The van der Waals surface area contributed by atoms with Gasteiger partial charge in [0.1, 0.15) is 11.6 Å². The van der Waals surface area contributed by atoms with Crippen molar-refractivity contribution in [1.29, 1.82) is 0 Å². The number of rotatable bonds is 6. The van der Waals surface area contributed by atoms with Crippen molar-refractivity contribution in [2.24, 2.45) is 0 Å². The Morgan fingerprint density at radius 1 is 1.24 bits per heavy atom. The molecule has 1 saturated heterocycles. The molecule has 25 heavy (non-hydrogen) atoms. The monoisotopic (exact) mass is 347 g/mol. The second-order valence-corrected chi connectivity index (χ2v) is 5.77. The van der Waals surface area contributed by atoms with Crippen LogP contribution >= 0.6 is 0 Å². The van der Waals surface area contributed by atoms with Gasteiger partial charge in [-0.3, -0.25) is 4.79 Å². The zero-order valence-electron chi connectivity index (χ0n) is 13.6. The summed E-state index contributed by atoms with van der Waals surface area (Å²) in [6.45, 7) is -0.717. The van der Waals surface area contributed by atoms with Crippen LogP contribution in [0.4, 0.5) is 14.6 Å². The van der Waals surface area contributed by atoms with Crippen molar-refractivity contribution in [2.45, 2.75) is 26.0 Å². The fourth-order valence-corrected chi connectivity index (χ4v) is 2.82. The molecule has 1 aromatic carbocycles. The van der Waals surface area contributed by atoms with E-state index in [4.69, 9.17) is 0 Å². The number of para-hydroxylation sites is 1. The van der Waals surface area contributed by atoms with Crippen molar-refractivity contribution in [3.05, 3.63) is 53.7 Å². The summed E-state index contributed by atoms with van der Waals surface area (Å²) < 4.78 is 29.3. The number of aromatic nitrogens is 1. The summed E-state index contributed by atoms with van der Waals surface area (Å²) in [7, 11) is 0. The van der Waals surface area contributed by atoms with Crippen LogP contribution in [0.2, 0.25) is 0 Å². The quantitative estimate of drug-likeness (QED) is 0.872. The number of carbonyl (C=O) groups excluding carboxylic acids is 1. The standard InChI is InChI=1S/C18H19F2N3O2/c19-18(20)25-15-6-2-1-5-14(15)17(24)22-12-13-7-8-21-16(11-13)23-9-3-4-10-23/h1-2,5-8,11,18H,3-4,9-10,12H2,(H,22,24). The van der Waals surface area contributed by atoms with Gasteiger partial charge in [-0.25, -0.2) is 4.98 Å². The molecule has 1 N–H and O–H groups in total. The van der Waals surface area contributed by atoms with E-state index in [-0.39, 0.29) is 17.9 Å². The maximum absolute atomic E-state index is 12.4. The molecule has 5 nitrogen and oxygen atoms in total. The Bertz CT molecular complexity index is 734. The largest absolute Gasteiger partial charge is 0.434 e. The Hall–Kier alpha value is -2.70. The average Bonchev–Trinajstić information content (AvgIpc) is 3.15. The van der Waals surface area contributed by atoms with Gasteiger partial charge in [-0.1, -0.05) is 12.1 Å². The van der Waals surface area contributed by atoms with E-state index in [1.54, 1.807) is 18.3 Å². The third kappa shape index (κ3) is 4.43. The summed E-state index contributed by atoms with van der Waals surface area (Å²) in [5.74, 6) is 0.295. The first-order chi connectivity index (χ1) is 12.1. The smallest absolute Gasteiger partial charge is 0.387 e. The molecular weight excluding hydrogens is 328 g/mol. The highest BCUT2D eigenvalue weighted by molar-refractivity contribution is 5.96. The third-order valence-corrected chi connectivity index (χ3v) is 4.04. The first kappa shape index (κ1) is 17.1. The first-order valence-electron chi connectivity index (χ1n) is 8.15. The van der Waals surface area contributed by atoms with Gasteiger partial charge in [0.05, 0.1) is 5.56 Å². The summed E-state index contributed by atoms with van der Waals surface area (Å²) in [5.41, 5.74) is 0.981. The van der Waals surface area contributed by atoms with Crippen molar-refractivity contribution in [2.75, 3.05) is 18.0 Å². The Morgan fingerprint density at radius 3 is 2.76 bits per heavy atom. The molecule has 0 bridgehead atoms. The summed E-state index contributed by atoms with van der Waals surface area (Å²) in [5, 5.41) is 2.74. The lowest BCUT2D eigenvalue weighted by Crippen LogP contribution is -2.24. The zero-order valence-corrected chi connectivity index (χ0v) is 13.6. The predicted octanol–water partition coefficient (Wildman–Crippen LogP) is 3.21. The summed E-state index contributed by atoms with van der Waals surface area (Å²) in [6.07, 6.45) is 4.02. The number of hydrogen-bond acceptors (Lipinski definition) is 4. The maximum atomic E-state index is 12.4. The Morgan fingerprint density at radius 2 is 2.00 bits per heavy atom. The second kappa shape index (κ2) is 7.92. The highest BCUT2D eigenvalue weighted by Gasteiger charge is 2.16. The lowest BCUT2D eigenvalue weighted by Gasteiger charge is -2.17. The molecular formula is C18H19F2N3O2. The lowest BCUT2D eigenvalue weighted by molar-refractivity contribution is -0.0501. The van der Waals surface area contributed by atoms with Gasteiger partial charge in [0, 0.05) is 25.8 Å². The zero-order chi connectivity index (χ0) is 17.6. The van der Waals surface area contributed by atoms with Gasteiger partial charge in [-0.15, -0.1) is 0 Å². The number of hydrogen-bond donors (Lipinski definition) is 1. The van der Waals surface area contributed by atoms with Crippen molar-refractivity contribution >= 4 is 11.7 Å². The molecule has 1 fully saturated rings. The highest BCUT2D eigenvalue weighted by Crippen LogP contribution is 2.21. The molecule has 1 aliphatic rings. The van der Waals surface area contributed by atoms with Crippen LogP contribution in [-0.4, -0.2) is 30.6 Å². The van der Waals surface area contributed by atoms with E-state index in [0.717, 1.165) is 37.3 Å². The van der Waals surface area contributed by atoms with Crippen LogP contribution in [0, 0.1) is 0 Å². The lowest BCUT2D eigenvalue weighted by atomic mass is 10.2. The van der Waals surface area contributed by atoms with Crippen LogP contribution in [0.1, 0.15) is 28.8 Å². The number of carbonyl (C=O) groups is 1. The van der Waals surface area contributed by atoms with Crippen LogP contribution < -0.4 is 15.0 Å². The number of ether oxygens (including phenoxy) is 1. The second-order valence-electron chi connectivity index (χ2n) is 5.77. The minimum absolute atomic E-state index is 0.0802. The van der Waals surface area contributed by atoms with E-state index in [1.807, 2.05) is 12.1 Å². The number of halogens is 2. The number of benzene rings is 1. The van der Waals surface area contributed by atoms with Gasteiger partial charge in [-0.05, 0) is 42.7 Å². The van der Waals surface area contributed by atoms with Gasteiger partial charge >= 0.3 is 6.61 Å². The minimum Gasteiger partial charge on any atom is -0.434 e. The number of pyridine rings is 1. The van der Waals surface area contributed by atoms with E-state index in [2.05, 4.69) is 19.9 Å². The first-order valence-corrected chi connectivity index (χ1v) is 8.15. The van der Waals surface area contributed by atoms with Crippen molar-refractivity contribution in [3.8, 4) is 5.75 Å². The number of amides is 1. The van der Waals surface area contributed by atoms with E-state index in [9.17, 15) is 13.6 Å². The van der Waals surface area contributed by atoms with Crippen LogP contribution in [0.15, 0.2) is 42.6 Å². The molecule has 0 unspecified atom stereocenters. The normalized spacial score (nSPS) is 14.0. The van der Waals surface area contributed by atoms with Crippen LogP contribution in [0.5, 0.6) is 5.75 Å². The highest BCUT2D eigenvalue weighted by atomic mass is 19.3. The molecule has 3 rings (SSSR count). The topological polar surface area (TPSA) is 54.5 Å². The van der Waals surface area contributed by atoms with Crippen LogP contribution in [0.25, 0.3) is 0 Å². The fraction of sp³-hybridized carbons (Fsp3) is 0.333. The predicted molar refractivity (Wildman–Crippen MR) is 89.9 cm³/mol. The van der Waals surface area contributed by atoms with Crippen molar-refractivity contribution in [1.82, 2.24) is 10.3 Å². The summed E-state index contributed by atoms with van der Waals surface area (Å²) >= 11 is 0. The van der Waals surface area contributed by atoms with Crippen molar-refractivity contribution < 1.29 is 18.3 Å². The Kier molecular flexibility index (Phi) is 5.42. The van der Waals surface area contributed by atoms with Gasteiger partial charge in [0.15, 0.2) is 0 Å². The Balaban J connectivity index is 1.66. The van der Waals surface area contributed by atoms with Gasteiger partial charge < -0.3 is 15.0 Å². The summed E-state index contributed by atoms with van der Waals surface area (Å²) in [4.78, 5) is 18.9. The number of alkyl halides is 2. The number of nitrogens with one attached hydrogen (secondary N) is 1. The molecule has 1 aromatic heterocycles. The minimum atomic E-state index is -2.97. The van der Waals surface area contributed by atoms with E-state index < -0.39 is 12.5 Å². The van der Waals surface area contributed by atoms with Crippen LogP contribution in [0.3, 0.4) is 0 Å². The van der Waals surface area contributed by atoms with Gasteiger partial charge in [-0.2, -0.15) is 8.78 Å². The molecule has 7 heteroatoms. The van der Waals surface area contributed by atoms with E-state index >= 15 is 0 Å². The van der Waals surface area contributed by atoms with Crippen LogP contribution in [-0.2, 0) is 6.54 Å². The Labute approximate surface area is 144 Å². The van der Waals surface area contributed by atoms with E-state index in [1.165, 1.54) is 12.1 Å². The van der Waals surface area contributed by atoms with Gasteiger partial charge in [0.2, 0.25) is 0 Å². The molecule has 0 spiro atoms. The molecule has 0 aliphatic carbocycles. The third-order valence-electron chi connectivity index (χ3n) is 4.04. The van der Waals surface area contributed by atoms with Crippen molar-refractivity contribution in [3.63, 3.8) is 0 Å². The summed E-state index contributed by atoms with van der Waals surface area (Å²) in [6, 6.07) is 9.70. The molecule has 0 atom stereocenters. The molecule has 2 heterocycles.